The van der Waals surface area contributed by atoms with Gasteiger partial charge in [-0.15, -0.1) is 0 Å². The molecule has 0 radical (unpaired) electrons. The van der Waals surface area contributed by atoms with E-state index in [0.29, 0.717) is 56.3 Å². The second-order valence-corrected chi connectivity index (χ2v) is 12.2. The van der Waals surface area contributed by atoms with Crippen LogP contribution < -0.4 is 14.8 Å². The molecule has 1 N–H and O–H groups in total. The quantitative estimate of drug-likeness (QED) is 0.375. The summed E-state index contributed by atoms with van der Waals surface area (Å²) in [6, 6.07) is 4.80. The van der Waals surface area contributed by atoms with Gasteiger partial charge in [0.15, 0.2) is 11.5 Å². The summed E-state index contributed by atoms with van der Waals surface area (Å²) in [5, 5.41) is 3.04. The van der Waals surface area contributed by atoms with Crippen molar-refractivity contribution in [3.63, 3.8) is 0 Å². The molecule has 0 aromatic heterocycles. The summed E-state index contributed by atoms with van der Waals surface area (Å²) < 4.78 is 22.1. The van der Waals surface area contributed by atoms with Crippen LogP contribution in [0.2, 0.25) is 0 Å². The molecule has 1 heterocycles. The van der Waals surface area contributed by atoms with E-state index in [1.54, 1.807) is 54.2 Å². The van der Waals surface area contributed by atoms with Gasteiger partial charge in [-0.05, 0) is 65.7 Å². The van der Waals surface area contributed by atoms with E-state index in [-0.39, 0.29) is 36.0 Å². The van der Waals surface area contributed by atoms with Crippen LogP contribution in [0.3, 0.4) is 0 Å². The number of nitrogens with zero attached hydrogens (tertiary/aromatic N) is 3. The fraction of sp³-hybridized carbons (Fsp3) is 0.700. The lowest BCUT2D eigenvalue weighted by atomic mass is 10.0. The zero-order valence-electron chi connectivity index (χ0n) is 25.9. The molecule has 11 heteroatoms. The maximum atomic E-state index is 13.9. The lowest BCUT2D eigenvalue weighted by molar-refractivity contribution is 0.0280. The molecule has 41 heavy (non-hydrogen) atoms. The molecule has 1 aliphatic carbocycles. The minimum atomic E-state index is -0.641. The highest BCUT2D eigenvalue weighted by Crippen LogP contribution is 2.31. The van der Waals surface area contributed by atoms with Crippen LogP contribution in [0.15, 0.2) is 18.2 Å². The molecular weight excluding hydrogens is 528 g/mol. The zero-order chi connectivity index (χ0) is 30.3. The number of urea groups is 1. The topological polar surface area (TPSA) is 110 Å². The van der Waals surface area contributed by atoms with Gasteiger partial charge < -0.3 is 39.0 Å². The maximum Gasteiger partial charge on any atom is 0.410 e. The molecule has 1 saturated heterocycles. The Hall–Kier alpha value is -3.21. The molecule has 0 unspecified atom stereocenters. The van der Waals surface area contributed by atoms with Gasteiger partial charge in [-0.3, -0.25) is 4.79 Å². The highest BCUT2D eigenvalue weighted by molar-refractivity contribution is 5.95. The van der Waals surface area contributed by atoms with Crippen molar-refractivity contribution in [2.24, 2.45) is 5.92 Å². The van der Waals surface area contributed by atoms with Gasteiger partial charge in [-0.1, -0.05) is 0 Å². The van der Waals surface area contributed by atoms with Crippen molar-refractivity contribution < 1.29 is 33.3 Å². The summed E-state index contributed by atoms with van der Waals surface area (Å²) in [6.07, 6.45) is 2.24. The molecule has 2 aliphatic rings. The largest absolute Gasteiger partial charge is 0.493 e. The third-order valence-corrected chi connectivity index (χ3v) is 7.26. The van der Waals surface area contributed by atoms with Gasteiger partial charge in [-0.2, -0.15) is 0 Å². The van der Waals surface area contributed by atoms with Crippen molar-refractivity contribution in [1.82, 2.24) is 20.0 Å². The van der Waals surface area contributed by atoms with Gasteiger partial charge in [-0.25, -0.2) is 9.59 Å². The number of likely N-dealkylation sites (tertiary alicyclic amines) is 1. The van der Waals surface area contributed by atoms with Crippen LogP contribution in [0.25, 0.3) is 0 Å². The minimum absolute atomic E-state index is 0.127. The highest BCUT2D eigenvalue weighted by Gasteiger charge is 2.43. The van der Waals surface area contributed by atoms with Gasteiger partial charge in [0.05, 0.1) is 19.8 Å². The average Bonchev–Trinajstić information content (AvgIpc) is 3.62. The lowest BCUT2D eigenvalue weighted by Gasteiger charge is -2.34. The molecule has 1 aromatic carbocycles. The fourth-order valence-corrected chi connectivity index (χ4v) is 4.86. The Balaban J connectivity index is 1.82. The molecule has 1 aliphatic heterocycles. The van der Waals surface area contributed by atoms with E-state index >= 15 is 0 Å². The molecule has 2 atom stereocenters. The Morgan fingerprint density at radius 3 is 2.37 bits per heavy atom. The lowest BCUT2D eigenvalue weighted by Crippen LogP contribution is -2.51. The van der Waals surface area contributed by atoms with Gasteiger partial charge in [0.2, 0.25) is 0 Å². The highest BCUT2D eigenvalue weighted by atomic mass is 16.6. The summed E-state index contributed by atoms with van der Waals surface area (Å²) >= 11 is 0. The van der Waals surface area contributed by atoms with Crippen molar-refractivity contribution in [2.45, 2.75) is 77.6 Å². The summed E-state index contributed by atoms with van der Waals surface area (Å²) in [6.45, 7) is 11.5. The number of rotatable bonds is 12. The van der Waals surface area contributed by atoms with E-state index < -0.39 is 11.7 Å². The fourth-order valence-electron chi connectivity index (χ4n) is 4.86. The first-order chi connectivity index (χ1) is 19.3. The molecule has 2 fully saturated rings. The van der Waals surface area contributed by atoms with Gasteiger partial charge >= 0.3 is 12.1 Å². The normalized spacial score (nSPS) is 18.7. The van der Waals surface area contributed by atoms with Gasteiger partial charge in [0.25, 0.3) is 5.91 Å². The van der Waals surface area contributed by atoms with E-state index in [9.17, 15) is 14.4 Å². The Labute approximate surface area is 244 Å². The van der Waals surface area contributed by atoms with E-state index in [1.165, 1.54) is 0 Å². The Bertz CT molecular complexity index is 1050. The Kier molecular flexibility index (Phi) is 11.1. The number of nitrogens with one attached hydrogen (secondary N) is 1. The molecule has 4 amide bonds. The summed E-state index contributed by atoms with van der Waals surface area (Å²) in [5.74, 6) is 0.697. The second-order valence-electron chi connectivity index (χ2n) is 12.2. The molecular formula is C30H48N4O7. The number of benzene rings is 1. The minimum Gasteiger partial charge on any atom is -0.493 e. The zero-order valence-corrected chi connectivity index (χ0v) is 25.9. The molecule has 1 saturated carbocycles. The van der Waals surface area contributed by atoms with Crippen LogP contribution in [-0.4, -0.2) is 111 Å². The average molecular weight is 577 g/mol. The van der Waals surface area contributed by atoms with E-state index in [1.807, 2.05) is 34.6 Å². The molecule has 0 spiro atoms. The van der Waals surface area contributed by atoms with Crippen molar-refractivity contribution >= 4 is 18.0 Å². The molecule has 230 valence electrons. The number of likely N-dealkylation sites (N-methyl/N-ethyl adjacent to an activating group) is 1. The van der Waals surface area contributed by atoms with Crippen LogP contribution in [0.1, 0.15) is 64.2 Å². The van der Waals surface area contributed by atoms with Crippen molar-refractivity contribution in [3.8, 4) is 11.5 Å². The van der Waals surface area contributed by atoms with Crippen LogP contribution >= 0.6 is 0 Å². The summed E-state index contributed by atoms with van der Waals surface area (Å²) in [5.41, 5.74) is -0.169. The predicted octanol–water partition coefficient (Wildman–Crippen LogP) is 4.00. The number of carbonyl (C=O) groups is 3. The van der Waals surface area contributed by atoms with E-state index in [4.69, 9.17) is 18.9 Å². The number of ether oxygens (including phenoxy) is 4. The third-order valence-electron chi connectivity index (χ3n) is 7.26. The number of carbonyl (C=O) groups excluding carboxylic acids is 3. The number of methoxy groups -OCH3 is 2. The first-order valence-electron chi connectivity index (χ1n) is 14.5. The molecule has 3 rings (SSSR count). The molecule has 0 bridgehead atoms. The van der Waals surface area contributed by atoms with Crippen molar-refractivity contribution in [2.75, 3.05) is 54.1 Å². The molecule has 1 aromatic rings. The van der Waals surface area contributed by atoms with Crippen LogP contribution in [0.4, 0.5) is 9.59 Å². The standard InChI is InChI=1S/C30H48N4O7/c1-20(2)34(27(35)21-10-13-25(39-8)26(16-21)40-15-9-14-38-7)18-22-17-33(29(37)41-30(3,4)5)19-24(22)32(6)28(36)31-23-11-12-23/h10,13,16,20,22-24H,9,11-12,14-15,17-19H2,1-8H3,(H,31,36)/t22-,24+/m0/s1. The maximum absolute atomic E-state index is 13.9. The monoisotopic (exact) mass is 576 g/mol. The van der Waals surface area contributed by atoms with Crippen LogP contribution in [-0.2, 0) is 9.47 Å². The van der Waals surface area contributed by atoms with Crippen molar-refractivity contribution in [1.29, 1.82) is 0 Å². The SMILES string of the molecule is COCCCOc1cc(C(=O)N(C[C@@H]2CN(C(=O)OC(C)(C)C)C[C@H]2N(C)C(=O)NC2CC2)C(C)C)ccc1OC. The first-order valence-corrected chi connectivity index (χ1v) is 14.5. The number of amides is 4. The van der Waals surface area contributed by atoms with E-state index in [2.05, 4.69) is 5.32 Å². The van der Waals surface area contributed by atoms with E-state index in [0.717, 1.165) is 12.8 Å². The summed E-state index contributed by atoms with van der Waals surface area (Å²) in [4.78, 5) is 45.0. The summed E-state index contributed by atoms with van der Waals surface area (Å²) in [7, 11) is 4.96. The van der Waals surface area contributed by atoms with Crippen LogP contribution in [0, 0.1) is 5.92 Å². The number of hydrogen-bond acceptors (Lipinski definition) is 7. The Morgan fingerprint density at radius 1 is 1.07 bits per heavy atom. The predicted molar refractivity (Wildman–Crippen MR) is 156 cm³/mol. The number of hydrogen-bond donors (Lipinski definition) is 1. The van der Waals surface area contributed by atoms with Gasteiger partial charge in [0, 0.05) is 70.4 Å². The Morgan fingerprint density at radius 2 is 1.78 bits per heavy atom. The van der Waals surface area contributed by atoms with Gasteiger partial charge in [0.1, 0.15) is 5.60 Å². The first kappa shape index (κ1) is 32.3. The van der Waals surface area contributed by atoms with Crippen molar-refractivity contribution in [3.05, 3.63) is 23.8 Å². The molecule has 11 nitrogen and oxygen atoms in total. The smallest absolute Gasteiger partial charge is 0.410 e. The second kappa shape index (κ2) is 14.1. The third kappa shape index (κ3) is 9.14. The van der Waals surface area contributed by atoms with Crippen LogP contribution in [0.5, 0.6) is 11.5 Å².